The number of carbonyl (C=O) groups is 1. The maximum atomic E-state index is 12.3. The van der Waals surface area contributed by atoms with Crippen molar-refractivity contribution in [2.75, 3.05) is 10.6 Å². The third-order valence-electron chi connectivity index (χ3n) is 3.64. The van der Waals surface area contributed by atoms with Crippen LogP contribution in [0.4, 0.5) is 17.1 Å². The Kier molecular flexibility index (Phi) is 4.96. The number of benzene rings is 3. The van der Waals surface area contributed by atoms with Crippen molar-refractivity contribution in [3.05, 3.63) is 88.4 Å². The number of amides is 1. The number of halogens is 1. The molecule has 0 spiro atoms. The highest BCUT2D eigenvalue weighted by Gasteiger charge is 2.07. The zero-order valence-corrected chi connectivity index (χ0v) is 14.8. The Balaban J connectivity index is 1.67. The van der Waals surface area contributed by atoms with E-state index in [1.807, 2.05) is 79.7 Å². The summed E-state index contributed by atoms with van der Waals surface area (Å²) in [6, 6.07) is 23.2. The molecule has 1 amide bonds. The molecule has 0 aromatic heterocycles. The zero-order valence-electron chi connectivity index (χ0n) is 13.2. The molecule has 0 unspecified atom stereocenters. The molecule has 0 aliphatic carbocycles. The topological polar surface area (TPSA) is 41.1 Å². The Morgan fingerprint density at radius 2 is 1.46 bits per heavy atom. The molecule has 0 saturated heterocycles. The highest BCUT2D eigenvalue weighted by Crippen LogP contribution is 2.21. The van der Waals surface area contributed by atoms with Gasteiger partial charge in [0.25, 0.3) is 5.91 Å². The molecule has 3 nitrogen and oxygen atoms in total. The van der Waals surface area contributed by atoms with Gasteiger partial charge in [0.15, 0.2) is 0 Å². The highest BCUT2D eigenvalue weighted by atomic mass is 79.9. The molecular formula is C20H17BrN2O. The summed E-state index contributed by atoms with van der Waals surface area (Å²) in [6.07, 6.45) is 0. The Morgan fingerprint density at radius 1 is 0.833 bits per heavy atom. The van der Waals surface area contributed by atoms with Crippen LogP contribution in [0.15, 0.2) is 77.3 Å². The summed E-state index contributed by atoms with van der Waals surface area (Å²) in [7, 11) is 0. The fourth-order valence-corrected chi connectivity index (χ4v) is 2.64. The molecule has 24 heavy (non-hydrogen) atoms. The van der Waals surface area contributed by atoms with Gasteiger partial charge in [-0.25, -0.2) is 0 Å². The van der Waals surface area contributed by atoms with E-state index in [-0.39, 0.29) is 5.91 Å². The maximum Gasteiger partial charge on any atom is 0.255 e. The molecule has 3 aromatic rings. The largest absolute Gasteiger partial charge is 0.356 e. The number of hydrogen-bond acceptors (Lipinski definition) is 2. The molecule has 0 heterocycles. The van der Waals surface area contributed by atoms with Crippen LogP contribution in [0.2, 0.25) is 0 Å². The van der Waals surface area contributed by atoms with E-state index in [0.29, 0.717) is 5.56 Å². The molecule has 0 radical (unpaired) electrons. The SMILES string of the molecule is Cc1ccc(C(=O)Nc2ccc(Nc3ccccc3)cc2)cc1Br. The van der Waals surface area contributed by atoms with Crippen LogP contribution in [0.1, 0.15) is 15.9 Å². The summed E-state index contributed by atoms with van der Waals surface area (Å²) >= 11 is 3.45. The molecule has 3 aromatic carbocycles. The number of para-hydroxylation sites is 1. The summed E-state index contributed by atoms with van der Waals surface area (Å²) in [5.41, 5.74) is 4.48. The van der Waals surface area contributed by atoms with E-state index in [2.05, 4.69) is 26.6 Å². The van der Waals surface area contributed by atoms with Gasteiger partial charge in [0, 0.05) is 27.1 Å². The Morgan fingerprint density at radius 3 is 2.12 bits per heavy atom. The predicted molar refractivity (Wildman–Crippen MR) is 103 cm³/mol. The van der Waals surface area contributed by atoms with Gasteiger partial charge >= 0.3 is 0 Å². The molecule has 3 rings (SSSR count). The molecule has 120 valence electrons. The van der Waals surface area contributed by atoms with Crippen LogP contribution in [0, 0.1) is 6.92 Å². The van der Waals surface area contributed by atoms with Crippen LogP contribution >= 0.6 is 15.9 Å². The van der Waals surface area contributed by atoms with Crippen LogP contribution in [0.25, 0.3) is 0 Å². The monoisotopic (exact) mass is 380 g/mol. The minimum atomic E-state index is -0.125. The molecule has 2 N–H and O–H groups in total. The van der Waals surface area contributed by atoms with Crippen molar-refractivity contribution in [2.45, 2.75) is 6.92 Å². The third kappa shape index (κ3) is 4.03. The second-order valence-electron chi connectivity index (χ2n) is 5.49. The lowest BCUT2D eigenvalue weighted by Gasteiger charge is -2.09. The smallest absolute Gasteiger partial charge is 0.255 e. The maximum absolute atomic E-state index is 12.3. The lowest BCUT2D eigenvalue weighted by molar-refractivity contribution is 0.102. The first-order valence-corrected chi connectivity index (χ1v) is 8.41. The number of carbonyl (C=O) groups excluding carboxylic acids is 1. The van der Waals surface area contributed by atoms with E-state index in [1.54, 1.807) is 0 Å². The van der Waals surface area contributed by atoms with Gasteiger partial charge in [-0.05, 0) is 61.0 Å². The quantitative estimate of drug-likeness (QED) is 0.604. The Bertz CT molecular complexity index is 845. The van der Waals surface area contributed by atoms with Crippen molar-refractivity contribution in [3.63, 3.8) is 0 Å². The van der Waals surface area contributed by atoms with Crippen molar-refractivity contribution >= 4 is 38.9 Å². The summed E-state index contributed by atoms with van der Waals surface area (Å²) in [6.45, 7) is 1.99. The lowest BCUT2D eigenvalue weighted by atomic mass is 10.1. The normalized spacial score (nSPS) is 10.2. The van der Waals surface area contributed by atoms with Gasteiger partial charge < -0.3 is 10.6 Å². The van der Waals surface area contributed by atoms with Gasteiger partial charge in [-0.1, -0.05) is 40.2 Å². The van der Waals surface area contributed by atoms with Gasteiger partial charge in [-0.15, -0.1) is 0 Å². The number of aryl methyl sites for hydroxylation is 1. The van der Waals surface area contributed by atoms with Crippen molar-refractivity contribution in [3.8, 4) is 0 Å². The van der Waals surface area contributed by atoms with E-state index < -0.39 is 0 Å². The van der Waals surface area contributed by atoms with Crippen LogP contribution < -0.4 is 10.6 Å². The summed E-state index contributed by atoms with van der Waals surface area (Å²) in [5, 5.41) is 6.22. The van der Waals surface area contributed by atoms with E-state index in [1.165, 1.54) is 0 Å². The molecule has 0 saturated carbocycles. The van der Waals surface area contributed by atoms with Gasteiger partial charge in [-0.2, -0.15) is 0 Å². The lowest BCUT2D eigenvalue weighted by Crippen LogP contribution is -2.11. The Labute approximate surface area is 149 Å². The third-order valence-corrected chi connectivity index (χ3v) is 4.49. The molecule has 0 atom stereocenters. The summed E-state index contributed by atoms with van der Waals surface area (Å²) < 4.78 is 0.928. The molecule has 4 heteroatoms. The van der Waals surface area contributed by atoms with Gasteiger partial charge in [0.2, 0.25) is 0 Å². The van der Waals surface area contributed by atoms with Crippen LogP contribution in [-0.4, -0.2) is 5.91 Å². The highest BCUT2D eigenvalue weighted by molar-refractivity contribution is 9.10. The number of anilines is 3. The number of rotatable bonds is 4. The minimum Gasteiger partial charge on any atom is -0.356 e. The van der Waals surface area contributed by atoms with E-state index >= 15 is 0 Å². The minimum absolute atomic E-state index is 0.125. The molecule has 0 aliphatic rings. The average Bonchev–Trinajstić information content (AvgIpc) is 2.60. The van der Waals surface area contributed by atoms with Gasteiger partial charge in [-0.3, -0.25) is 4.79 Å². The first-order chi connectivity index (χ1) is 11.6. The second-order valence-corrected chi connectivity index (χ2v) is 6.34. The zero-order chi connectivity index (χ0) is 16.9. The number of hydrogen-bond donors (Lipinski definition) is 2. The van der Waals surface area contributed by atoms with E-state index in [4.69, 9.17) is 0 Å². The standard InChI is InChI=1S/C20H17BrN2O/c1-14-7-8-15(13-19(14)21)20(24)23-18-11-9-17(10-12-18)22-16-5-3-2-4-6-16/h2-13,22H,1H3,(H,23,24). The second kappa shape index (κ2) is 7.32. The van der Waals surface area contributed by atoms with Gasteiger partial charge in [0.05, 0.1) is 0 Å². The van der Waals surface area contributed by atoms with E-state index in [9.17, 15) is 4.79 Å². The predicted octanol–water partition coefficient (Wildman–Crippen LogP) is 5.75. The average molecular weight is 381 g/mol. The van der Waals surface area contributed by atoms with Crippen LogP contribution in [0.3, 0.4) is 0 Å². The molecule has 0 fully saturated rings. The first kappa shape index (κ1) is 16.3. The molecule has 0 bridgehead atoms. The van der Waals surface area contributed by atoms with Crippen LogP contribution in [-0.2, 0) is 0 Å². The fourth-order valence-electron chi connectivity index (χ4n) is 2.26. The molecular weight excluding hydrogens is 364 g/mol. The first-order valence-electron chi connectivity index (χ1n) is 7.61. The number of nitrogens with one attached hydrogen (secondary N) is 2. The van der Waals surface area contributed by atoms with Crippen molar-refractivity contribution in [1.82, 2.24) is 0 Å². The van der Waals surface area contributed by atoms with E-state index in [0.717, 1.165) is 27.1 Å². The fraction of sp³-hybridized carbons (Fsp3) is 0.0500. The van der Waals surface area contributed by atoms with Gasteiger partial charge in [0.1, 0.15) is 0 Å². The van der Waals surface area contributed by atoms with Crippen molar-refractivity contribution < 1.29 is 4.79 Å². The van der Waals surface area contributed by atoms with Crippen molar-refractivity contribution in [2.24, 2.45) is 0 Å². The summed E-state index contributed by atoms with van der Waals surface area (Å²) in [4.78, 5) is 12.3. The summed E-state index contributed by atoms with van der Waals surface area (Å²) in [5.74, 6) is -0.125. The van der Waals surface area contributed by atoms with Crippen molar-refractivity contribution in [1.29, 1.82) is 0 Å². The van der Waals surface area contributed by atoms with Crippen LogP contribution in [0.5, 0.6) is 0 Å². The Hall–Kier alpha value is -2.59. The molecule has 0 aliphatic heterocycles.